The van der Waals surface area contributed by atoms with Crippen molar-refractivity contribution in [3.05, 3.63) is 53.6 Å². The van der Waals surface area contributed by atoms with Crippen LogP contribution >= 0.6 is 0 Å². The van der Waals surface area contributed by atoms with Gasteiger partial charge in [0, 0.05) is 6.54 Å². The molecular weight excluding hydrogens is 386 g/mol. The number of carboxylic acid groups (broad SMARTS) is 1. The molecule has 150 valence electrons. The summed E-state index contributed by atoms with van der Waals surface area (Å²) < 4.78 is 43.6. The number of aliphatic carboxylic acids is 1. The van der Waals surface area contributed by atoms with Crippen LogP contribution in [0, 0.1) is 0 Å². The maximum absolute atomic E-state index is 12.5. The highest BCUT2D eigenvalue weighted by Crippen LogP contribution is 2.30. The van der Waals surface area contributed by atoms with Gasteiger partial charge in [0.2, 0.25) is 10.0 Å². The van der Waals surface area contributed by atoms with Gasteiger partial charge in [-0.2, -0.15) is 0 Å². The summed E-state index contributed by atoms with van der Waals surface area (Å²) in [5, 5.41) is 8.71. The van der Waals surface area contributed by atoms with Gasteiger partial charge in [-0.15, -0.1) is 0 Å². The molecule has 0 spiro atoms. The Morgan fingerprint density at radius 3 is 2.61 bits per heavy atom. The van der Waals surface area contributed by atoms with Gasteiger partial charge in [0.15, 0.2) is 6.61 Å². The van der Waals surface area contributed by atoms with Crippen LogP contribution in [0.1, 0.15) is 17.2 Å². The van der Waals surface area contributed by atoms with Crippen LogP contribution < -0.4 is 14.2 Å². The van der Waals surface area contributed by atoms with Gasteiger partial charge in [0.25, 0.3) is 0 Å². The Hall–Kier alpha value is -2.62. The highest BCUT2D eigenvalue weighted by molar-refractivity contribution is 7.89. The number of sulfonamides is 1. The van der Waals surface area contributed by atoms with Crippen LogP contribution in [0.4, 0.5) is 0 Å². The van der Waals surface area contributed by atoms with Crippen LogP contribution in [-0.2, 0) is 26.0 Å². The van der Waals surface area contributed by atoms with Crippen molar-refractivity contribution in [2.24, 2.45) is 0 Å². The standard InChI is InChI=1S/C19H21NO7S/c1-25-14-2-5-16(6-3-14)28(23,24)20-11-18-17-7-4-15(27-12-19(21)22)10-13(17)8-9-26-18/h2-7,10,18,20H,8-9,11-12H2,1H3,(H,21,22). The molecule has 1 atom stereocenters. The Labute approximate surface area is 163 Å². The van der Waals surface area contributed by atoms with Gasteiger partial charge in [-0.25, -0.2) is 17.9 Å². The summed E-state index contributed by atoms with van der Waals surface area (Å²) in [4.78, 5) is 10.8. The topological polar surface area (TPSA) is 111 Å². The first kappa shape index (κ1) is 20.1. The molecule has 1 aliphatic heterocycles. The lowest BCUT2D eigenvalue weighted by atomic mass is 9.97. The van der Waals surface area contributed by atoms with Crippen LogP contribution in [-0.4, -0.2) is 46.4 Å². The van der Waals surface area contributed by atoms with Crippen molar-refractivity contribution < 1.29 is 32.5 Å². The second-order valence-corrected chi connectivity index (χ2v) is 7.95. The molecule has 0 amide bonds. The van der Waals surface area contributed by atoms with E-state index >= 15 is 0 Å². The number of hydrogen-bond acceptors (Lipinski definition) is 6. The first-order chi connectivity index (χ1) is 13.4. The maximum atomic E-state index is 12.5. The second-order valence-electron chi connectivity index (χ2n) is 6.18. The maximum Gasteiger partial charge on any atom is 0.341 e. The van der Waals surface area contributed by atoms with E-state index in [1.807, 2.05) is 0 Å². The normalized spacial score (nSPS) is 16.2. The van der Waals surface area contributed by atoms with E-state index in [-0.39, 0.29) is 11.4 Å². The van der Waals surface area contributed by atoms with Crippen molar-refractivity contribution >= 4 is 16.0 Å². The molecule has 0 aliphatic carbocycles. The van der Waals surface area contributed by atoms with Crippen molar-refractivity contribution in [3.8, 4) is 11.5 Å². The third-order valence-electron chi connectivity index (χ3n) is 4.34. The SMILES string of the molecule is COc1ccc(S(=O)(=O)NCC2OCCc3cc(OCC(=O)O)ccc32)cc1. The van der Waals surface area contributed by atoms with E-state index in [9.17, 15) is 13.2 Å². The second kappa shape index (κ2) is 8.59. The number of fused-ring (bicyclic) bond motifs is 1. The Morgan fingerprint density at radius 2 is 1.93 bits per heavy atom. The number of methoxy groups -OCH3 is 1. The number of rotatable bonds is 8. The van der Waals surface area contributed by atoms with Crippen LogP contribution in [0.25, 0.3) is 0 Å². The van der Waals surface area contributed by atoms with E-state index in [0.29, 0.717) is 24.5 Å². The minimum absolute atomic E-state index is 0.0801. The van der Waals surface area contributed by atoms with E-state index in [0.717, 1.165) is 11.1 Å². The zero-order valence-electron chi connectivity index (χ0n) is 15.3. The molecule has 0 saturated carbocycles. The van der Waals surface area contributed by atoms with E-state index in [1.54, 1.807) is 30.3 Å². The molecule has 1 unspecified atom stereocenters. The van der Waals surface area contributed by atoms with Gasteiger partial charge in [-0.1, -0.05) is 6.07 Å². The predicted molar refractivity (Wildman–Crippen MR) is 100 cm³/mol. The molecule has 0 fully saturated rings. The summed E-state index contributed by atoms with van der Waals surface area (Å²) in [6, 6.07) is 11.3. The van der Waals surface area contributed by atoms with Gasteiger partial charge in [0.05, 0.1) is 24.7 Å². The number of carboxylic acids is 1. The van der Waals surface area contributed by atoms with E-state index < -0.39 is 28.7 Å². The van der Waals surface area contributed by atoms with Crippen LogP contribution in [0.15, 0.2) is 47.4 Å². The summed E-state index contributed by atoms with van der Waals surface area (Å²) in [7, 11) is -2.18. The van der Waals surface area contributed by atoms with Crippen molar-refractivity contribution in [2.75, 3.05) is 26.9 Å². The van der Waals surface area contributed by atoms with Gasteiger partial charge in [0.1, 0.15) is 11.5 Å². The lowest BCUT2D eigenvalue weighted by Crippen LogP contribution is -2.32. The highest BCUT2D eigenvalue weighted by Gasteiger charge is 2.24. The summed E-state index contributed by atoms with van der Waals surface area (Å²) in [5.41, 5.74) is 1.80. The van der Waals surface area contributed by atoms with Crippen LogP contribution in [0.2, 0.25) is 0 Å². The van der Waals surface area contributed by atoms with Gasteiger partial charge in [-0.05, 0) is 53.9 Å². The van der Waals surface area contributed by atoms with E-state index in [2.05, 4.69) is 4.72 Å². The fraction of sp³-hybridized carbons (Fsp3) is 0.316. The zero-order valence-corrected chi connectivity index (χ0v) is 16.1. The van der Waals surface area contributed by atoms with E-state index in [1.165, 1.54) is 19.2 Å². The Kier molecular flexibility index (Phi) is 6.18. The third kappa shape index (κ3) is 4.80. The molecule has 0 aromatic heterocycles. The largest absolute Gasteiger partial charge is 0.497 e. The molecule has 8 nitrogen and oxygen atoms in total. The predicted octanol–water partition coefficient (Wildman–Crippen LogP) is 1.75. The molecule has 1 aliphatic rings. The quantitative estimate of drug-likeness (QED) is 0.686. The lowest BCUT2D eigenvalue weighted by Gasteiger charge is -2.26. The average molecular weight is 407 g/mol. The average Bonchev–Trinajstić information content (AvgIpc) is 2.70. The first-order valence-corrected chi connectivity index (χ1v) is 10.1. The molecular formula is C19H21NO7S. The van der Waals surface area contributed by atoms with Crippen molar-refractivity contribution in [1.82, 2.24) is 4.72 Å². The summed E-state index contributed by atoms with van der Waals surface area (Å²) in [6.45, 7) is 0.0986. The van der Waals surface area contributed by atoms with Gasteiger partial charge in [-0.3, -0.25) is 0 Å². The van der Waals surface area contributed by atoms with Crippen molar-refractivity contribution in [2.45, 2.75) is 17.4 Å². The van der Waals surface area contributed by atoms with Crippen molar-refractivity contribution in [1.29, 1.82) is 0 Å². The van der Waals surface area contributed by atoms with Crippen LogP contribution in [0.5, 0.6) is 11.5 Å². The minimum Gasteiger partial charge on any atom is -0.497 e. The minimum atomic E-state index is -3.69. The molecule has 3 rings (SSSR count). The van der Waals surface area contributed by atoms with E-state index in [4.69, 9.17) is 19.3 Å². The molecule has 28 heavy (non-hydrogen) atoms. The number of carbonyl (C=O) groups is 1. The number of benzene rings is 2. The number of ether oxygens (including phenoxy) is 3. The number of nitrogens with one attached hydrogen (secondary N) is 1. The molecule has 0 saturated heterocycles. The highest BCUT2D eigenvalue weighted by atomic mass is 32.2. The monoisotopic (exact) mass is 407 g/mol. The van der Waals surface area contributed by atoms with Crippen LogP contribution in [0.3, 0.4) is 0 Å². The van der Waals surface area contributed by atoms with Gasteiger partial charge >= 0.3 is 5.97 Å². The Bertz CT molecular complexity index is 941. The van der Waals surface area contributed by atoms with Crippen molar-refractivity contribution in [3.63, 3.8) is 0 Å². The summed E-state index contributed by atoms with van der Waals surface area (Å²) >= 11 is 0. The fourth-order valence-corrected chi connectivity index (χ4v) is 3.97. The molecule has 9 heteroatoms. The summed E-state index contributed by atoms with van der Waals surface area (Å²) in [6.07, 6.45) is 0.201. The Balaban J connectivity index is 1.69. The zero-order chi connectivity index (χ0) is 20.1. The molecule has 2 N–H and O–H groups in total. The molecule has 0 radical (unpaired) electrons. The third-order valence-corrected chi connectivity index (χ3v) is 5.78. The molecule has 2 aromatic carbocycles. The van der Waals surface area contributed by atoms with Gasteiger partial charge < -0.3 is 19.3 Å². The molecule has 2 aromatic rings. The number of hydrogen-bond donors (Lipinski definition) is 2. The Morgan fingerprint density at radius 1 is 1.21 bits per heavy atom. The first-order valence-electron chi connectivity index (χ1n) is 8.62. The fourth-order valence-electron chi connectivity index (χ4n) is 2.94. The summed E-state index contributed by atoms with van der Waals surface area (Å²) in [5.74, 6) is -0.0168. The molecule has 0 bridgehead atoms. The lowest BCUT2D eigenvalue weighted by molar-refractivity contribution is -0.139. The smallest absolute Gasteiger partial charge is 0.341 e. The molecule has 1 heterocycles.